The first-order valence-electron chi connectivity index (χ1n) is 8.96. The fourth-order valence-corrected chi connectivity index (χ4v) is 4.98. The fraction of sp³-hybridized carbons (Fsp3) is 1.00. The van der Waals surface area contributed by atoms with Gasteiger partial charge in [0, 0.05) is 37.8 Å². The van der Waals surface area contributed by atoms with Crippen molar-refractivity contribution < 1.29 is 0 Å². The van der Waals surface area contributed by atoms with Gasteiger partial charge in [-0.05, 0) is 51.0 Å². The van der Waals surface area contributed by atoms with Crippen LogP contribution in [0, 0.1) is 5.92 Å². The van der Waals surface area contributed by atoms with E-state index in [-0.39, 0.29) is 0 Å². The third-order valence-electron chi connectivity index (χ3n) is 6.37. The number of hydrogen-bond donors (Lipinski definition) is 1. The Bertz CT molecular complexity index is 309. The number of nitrogens with two attached hydrogens (primary N) is 1. The van der Waals surface area contributed by atoms with Gasteiger partial charge in [-0.15, -0.1) is 0 Å². The monoisotopic (exact) mass is 279 g/mol. The van der Waals surface area contributed by atoms with Gasteiger partial charge in [-0.25, -0.2) is 0 Å². The first kappa shape index (κ1) is 14.8. The van der Waals surface area contributed by atoms with Crippen LogP contribution in [0.2, 0.25) is 0 Å². The van der Waals surface area contributed by atoms with Crippen LogP contribution < -0.4 is 5.73 Å². The highest BCUT2D eigenvalue weighted by Crippen LogP contribution is 2.39. The summed E-state index contributed by atoms with van der Waals surface area (Å²) in [6, 6.07) is 0.834. The maximum Gasteiger partial charge on any atom is 0.0333 e. The van der Waals surface area contributed by atoms with Gasteiger partial charge in [-0.3, -0.25) is 9.80 Å². The summed E-state index contributed by atoms with van der Waals surface area (Å²) in [5.74, 6) is 0.979. The molecule has 2 heterocycles. The van der Waals surface area contributed by atoms with Gasteiger partial charge >= 0.3 is 0 Å². The molecule has 0 radical (unpaired) electrons. The van der Waals surface area contributed by atoms with E-state index < -0.39 is 0 Å². The zero-order chi connectivity index (χ0) is 14.0. The molecule has 1 unspecified atom stereocenters. The fourth-order valence-electron chi connectivity index (χ4n) is 4.98. The molecule has 1 aliphatic carbocycles. The third-order valence-corrected chi connectivity index (χ3v) is 6.37. The number of fused-ring (bicyclic) bond motifs is 1. The molecule has 2 aliphatic heterocycles. The second-order valence-corrected chi connectivity index (χ2v) is 7.44. The maximum absolute atomic E-state index is 6.27. The van der Waals surface area contributed by atoms with Gasteiger partial charge < -0.3 is 5.73 Å². The van der Waals surface area contributed by atoms with Crippen molar-refractivity contribution in [2.45, 2.75) is 69.9 Å². The van der Waals surface area contributed by atoms with E-state index in [0.29, 0.717) is 5.54 Å². The lowest BCUT2D eigenvalue weighted by atomic mass is 9.73. The number of piperazine rings is 1. The van der Waals surface area contributed by atoms with Crippen molar-refractivity contribution >= 4 is 0 Å². The Morgan fingerprint density at radius 3 is 2.60 bits per heavy atom. The van der Waals surface area contributed by atoms with Gasteiger partial charge in [-0.1, -0.05) is 19.8 Å². The van der Waals surface area contributed by atoms with Crippen LogP contribution in [-0.2, 0) is 0 Å². The predicted octanol–water partition coefficient (Wildman–Crippen LogP) is 2.45. The van der Waals surface area contributed by atoms with Crippen LogP contribution in [0.1, 0.15) is 58.3 Å². The SMILES string of the molecule is CCCC1CCC(CN)(N2CCN3CCCC3C2)CC1. The standard InChI is InChI=1S/C17H33N3/c1-2-4-15-6-8-17(14-18,9-7-15)20-12-11-19-10-3-5-16(19)13-20/h15-16H,2-14,18H2,1H3. The Hall–Kier alpha value is -0.120. The minimum atomic E-state index is 0.346. The summed E-state index contributed by atoms with van der Waals surface area (Å²) in [6.07, 6.45) is 11.1. The topological polar surface area (TPSA) is 32.5 Å². The first-order chi connectivity index (χ1) is 9.77. The molecule has 2 N–H and O–H groups in total. The smallest absolute Gasteiger partial charge is 0.0333 e. The van der Waals surface area contributed by atoms with E-state index in [1.54, 1.807) is 0 Å². The van der Waals surface area contributed by atoms with E-state index in [4.69, 9.17) is 5.73 Å². The zero-order valence-corrected chi connectivity index (χ0v) is 13.3. The first-order valence-corrected chi connectivity index (χ1v) is 8.96. The van der Waals surface area contributed by atoms with Crippen LogP contribution in [0.25, 0.3) is 0 Å². The maximum atomic E-state index is 6.27. The molecule has 3 fully saturated rings. The Morgan fingerprint density at radius 1 is 1.10 bits per heavy atom. The molecule has 20 heavy (non-hydrogen) atoms. The normalized spacial score (nSPS) is 39.9. The van der Waals surface area contributed by atoms with E-state index in [9.17, 15) is 0 Å². The van der Waals surface area contributed by atoms with E-state index in [1.165, 1.54) is 77.5 Å². The van der Waals surface area contributed by atoms with E-state index in [2.05, 4.69) is 16.7 Å². The molecule has 0 aromatic heterocycles. The third kappa shape index (κ3) is 2.77. The molecule has 3 heteroatoms. The van der Waals surface area contributed by atoms with Gasteiger partial charge in [0.15, 0.2) is 0 Å². The summed E-state index contributed by atoms with van der Waals surface area (Å²) < 4.78 is 0. The predicted molar refractivity (Wildman–Crippen MR) is 84.8 cm³/mol. The second kappa shape index (κ2) is 6.33. The highest BCUT2D eigenvalue weighted by Gasteiger charge is 2.42. The summed E-state index contributed by atoms with van der Waals surface area (Å²) in [5.41, 5.74) is 6.62. The van der Waals surface area contributed by atoms with Crippen LogP contribution in [0.3, 0.4) is 0 Å². The summed E-state index contributed by atoms with van der Waals surface area (Å²) in [6.45, 7) is 8.36. The van der Waals surface area contributed by atoms with Crippen LogP contribution in [0.5, 0.6) is 0 Å². The number of nitrogens with zero attached hydrogens (tertiary/aromatic N) is 2. The molecular weight excluding hydrogens is 246 g/mol. The van der Waals surface area contributed by atoms with Crippen LogP contribution in [0.4, 0.5) is 0 Å². The molecular formula is C17H33N3. The molecule has 1 saturated carbocycles. The van der Waals surface area contributed by atoms with Crippen molar-refractivity contribution in [2.75, 3.05) is 32.7 Å². The summed E-state index contributed by atoms with van der Waals surface area (Å²) in [4.78, 5) is 5.51. The highest BCUT2D eigenvalue weighted by molar-refractivity contribution is 5.00. The molecule has 0 spiro atoms. The van der Waals surface area contributed by atoms with Crippen LogP contribution in [0.15, 0.2) is 0 Å². The van der Waals surface area contributed by atoms with Gasteiger partial charge in [0.25, 0.3) is 0 Å². The average molecular weight is 279 g/mol. The lowest BCUT2D eigenvalue weighted by Gasteiger charge is -2.51. The van der Waals surface area contributed by atoms with E-state index in [0.717, 1.165) is 18.5 Å². The largest absolute Gasteiger partial charge is 0.329 e. The van der Waals surface area contributed by atoms with Crippen LogP contribution >= 0.6 is 0 Å². The quantitative estimate of drug-likeness (QED) is 0.858. The average Bonchev–Trinajstić information content (AvgIpc) is 2.96. The van der Waals surface area contributed by atoms with Crippen molar-refractivity contribution in [2.24, 2.45) is 11.7 Å². The van der Waals surface area contributed by atoms with Crippen molar-refractivity contribution in [3.63, 3.8) is 0 Å². The Balaban J connectivity index is 1.61. The van der Waals surface area contributed by atoms with Crippen molar-refractivity contribution in [1.29, 1.82) is 0 Å². The van der Waals surface area contributed by atoms with Gasteiger partial charge in [0.1, 0.15) is 0 Å². The molecule has 1 atom stereocenters. The minimum Gasteiger partial charge on any atom is -0.329 e. The van der Waals surface area contributed by atoms with Crippen molar-refractivity contribution in [3.05, 3.63) is 0 Å². The number of hydrogen-bond acceptors (Lipinski definition) is 3. The molecule has 3 aliphatic rings. The molecule has 3 rings (SSSR count). The molecule has 0 amide bonds. The number of rotatable bonds is 4. The molecule has 2 saturated heterocycles. The summed E-state index contributed by atoms with van der Waals surface area (Å²) >= 11 is 0. The van der Waals surface area contributed by atoms with E-state index >= 15 is 0 Å². The molecule has 3 nitrogen and oxygen atoms in total. The summed E-state index contributed by atoms with van der Waals surface area (Å²) in [7, 11) is 0. The van der Waals surface area contributed by atoms with Crippen molar-refractivity contribution in [1.82, 2.24) is 9.80 Å². The summed E-state index contributed by atoms with van der Waals surface area (Å²) in [5, 5.41) is 0. The van der Waals surface area contributed by atoms with Gasteiger partial charge in [-0.2, -0.15) is 0 Å². The van der Waals surface area contributed by atoms with Gasteiger partial charge in [0.05, 0.1) is 0 Å². The van der Waals surface area contributed by atoms with Crippen molar-refractivity contribution in [3.8, 4) is 0 Å². The van der Waals surface area contributed by atoms with E-state index in [1.807, 2.05) is 0 Å². The zero-order valence-electron chi connectivity index (χ0n) is 13.3. The van der Waals surface area contributed by atoms with Crippen LogP contribution in [-0.4, -0.2) is 54.1 Å². The lowest BCUT2D eigenvalue weighted by molar-refractivity contribution is -0.0110. The lowest BCUT2D eigenvalue weighted by Crippen LogP contribution is -2.62. The molecule has 0 aromatic carbocycles. The minimum absolute atomic E-state index is 0.346. The molecule has 0 bridgehead atoms. The second-order valence-electron chi connectivity index (χ2n) is 7.44. The Morgan fingerprint density at radius 2 is 1.90 bits per heavy atom. The highest BCUT2D eigenvalue weighted by atomic mass is 15.3. The Labute approximate surface area is 124 Å². The molecule has 0 aromatic rings. The molecule has 116 valence electrons. The van der Waals surface area contributed by atoms with Gasteiger partial charge in [0.2, 0.25) is 0 Å². The Kier molecular flexibility index (Phi) is 4.68.